The maximum Gasteiger partial charge on any atom is 0.227 e. The monoisotopic (exact) mass is 1050 g/mol. The molecule has 0 radical (unpaired) electrons. The van der Waals surface area contributed by atoms with Gasteiger partial charge in [0.15, 0.2) is 34.2 Å². The number of nitrogens with zero attached hydrogens (tertiary/aromatic N) is 12. The van der Waals surface area contributed by atoms with E-state index >= 15 is 0 Å². The Balaban J connectivity index is 0.000000121. The lowest BCUT2D eigenvalue weighted by Gasteiger charge is -2.33. The Bertz CT molecular complexity index is 4480. The minimum atomic E-state index is -2.53. The molecule has 15 nitrogen and oxygen atoms in total. The number of hydrogen-bond donors (Lipinski definition) is 0. The third-order valence-corrected chi connectivity index (χ3v) is 15.3. The molecule has 0 saturated heterocycles. The van der Waals surface area contributed by atoms with Gasteiger partial charge in [-0.3, -0.25) is 0 Å². The maximum atomic E-state index is 8.76. The van der Waals surface area contributed by atoms with Gasteiger partial charge in [-0.1, -0.05) is 36.4 Å². The number of benzene rings is 3. The van der Waals surface area contributed by atoms with E-state index in [4.69, 9.17) is 24.2 Å². The van der Waals surface area contributed by atoms with E-state index in [9.17, 15) is 0 Å². The van der Waals surface area contributed by atoms with Crippen LogP contribution in [0.15, 0.2) is 160 Å². The molecule has 12 heterocycles. The predicted octanol–water partition coefficient (Wildman–Crippen LogP) is 15.4. The molecule has 0 spiro atoms. The summed E-state index contributed by atoms with van der Waals surface area (Å²) in [6.45, 7) is 12.3. The molecule has 0 bridgehead atoms. The Labute approximate surface area is 469 Å². The van der Waals surface area contributed by atoms with E-state index in [1.165, 1.54) is 11.8 Å². The lowest BCUT2D eigenvalue weighted by Crippen LogP contribution is -2.42. The average Bonchev–Trinajstić information content (AvgIpc) is 1.62. The molecular formula is C64H62N12O3. The molecule has 79 heavy (non-hydrogen) atoms. The van der Waals surface area contributed by atoms with Crippen molar-refractivity contribution in [2.45, 2.75) is 99.7 Å². The van der Waals surface area contributed by atoms with Crippen LogP contribution >= 0.6 is 0 Å². The van der Waals surface area contributed by atoms with Crippen LogP contribution in [0, 0.1) is 20.8 Å². The van der Waals surface area contributed by atoms with Crippen molar-refractivity contribution in [3.63, 3.8) is 0 Å². The first-order valence-electron chi connectivity index (χ1n) is 30.3. The molecule has 4 unspecified atom stereocenters. The first kappa shape index (κ1) is 40.9. The zero-order valence-corrected chi connectivity index (χ0v) is 45.2. The van der Waals surface area contributed by atoms with Crippen molar-refractivity contribution in [3.8, 4) is 0 Å². The molecule has 0 amide bonds. The van der Waals surface area contributed by atoms with E-state index < -0.39 is 38.2 Å². The van der Waals surface area contributed by atoms with E-state index in [2.05, 4.69) is 66.9 Å². The van der Waals surface area contributed by atoms with Gasteiger partial charge in [0.1, 0.15) is 18.5 Å². The molecule has 0 aliphatic carbocycles. The lowest BCUT2D eigenvalue weighted by molar-refractivity contribution is 0.597. The van der Waals surface area contributed by atoms with Crippen LogP contribution in [0.1, 0.15) is 76.1 Å². The fourth-order valence-electron chi connectivity index (χ4n) is 11.9. The Kier molecular flexibility index (Phi) is 9.87. The normalized spacial score (nSPS) is 19.4. The minimum absolute atomic E-state index is 0.0807. The quantitative estimate of drug-likeness (QED) is 0.162. The van der Waals surface area contributed by atoms with Gasteiger partial charge in [0, 0.05) is 96.7 Å². The topological polar surface area (TPSA) is 136 Å². The smallest absolute Gasteiger partial charge is 0.227 e. The number of furan rings is 3. The SMILES string of the molecule is [2H]C(C)(C)N1c2ncccc2N(c2c(C)ccc3c2oc2ncccc23)C1C.[2H]C([2H])([2H])C([2H])(C)N1c2ncccc2N(c2c(C)ccc3c2oc2ncccc23)C1C.[2H]C([2H])([2H])N1c2ncccc2N(c2c(C)ccc3c2oc2ncccc23)C1C. The molecule has 0 fully saturated rings. The number of aromatic nitrogens is 6. The summed E-state index contributed by atoms with van der Waals surface area (Å²) in [7, 11) is 0. The highest BCUT2D eigenvalue weighted by Crippen LogP contribution is 2.51. The second-order valence-electron chi connectivity index (χ2n) is 20.4. The average molecular weight is 1060 g/mol. The number of hydrogen-bond acceptors (Lipinski definition) is 15. The molecule has 0 N–H and O–H groups in total. The van der Waals surface area contributed by atoms with Gasteiger partial charge in [-0.25, -0.2) is 29.9 Å². The Morgan fingerprint density at radius 3 is 1.14 bits per heavy atom. The van der Waals surface area contributed by atoms with E-state index in [0.29, 0.717) is 39.9 Å². The predicted molar refractivity (Wildman–Crippen MR) is 320 cm³/mol. The fourth-order valence-corrected chi connectivity index (χ4v) is 11.9. The molecule has 9 aromatic heterocycles. The van der Waals surface area contributed by atoms with Gasteiger partial charge >= 0.3 is 0 Å². The van der Waals surface area contributed by atoms with Crippen molar-refractivity contribution < 1.29 is 24.2 Å². The molecule has 15 rings (SSSR count). The van der Waals surface area contributed by atoms with Gasteiger partial charge in [0.05, 0.1) is 36.9 Å². The van der Waals surface area contributed by atoms with Crippen LogP contribution in [0.3, 0.4) is 0 Å². The van der Waals surface area contributed by atoms with Crippen molar-refractivity contribution in [1.82, 2.24) is 29.9 Å². The first-order chi connectivity index (χ1) is 41.4. The summed E-state index contributed by atoms with van der Waals surface area (Å²) in [6, 6.07) is 32.7. The van der Waals surface area contributed by atoms with Crippen LogP contribution in [-0.2, 0) is 0 Å². The molecule has 4 atom stereocenters. The summed E-state index contributed by atoms with van der Waals surface area (Å²) < 4.78 is 83.9. The van der Waals surface area contributed by atoms with Crippen molar-refractivity contribution >= 4 is 118 Å². The van der Waals surface area contributed by atoms with Gasteiger partial charge in [-0.15, -0.1) is 0 Å². The maximum absolute atomic E-state index is 8.76. The van der Waals surface area contributed by atoms with E-state index in [1.807, 2.05) is 147 Å². The highest BCUT2D eigenvalue weighted by atomic mass is 16.3. The fraction of sp³-hybridized carbons (Fsp3) is 0.250. The van der Waals surface area contributed by atoms with Crippen LogP contribution in [0.25, 0.3) is 66.2 Å². The third kappa shape index (κ3) is 7.68. The Morgan fingerprint density at radius 2 is 0.759 bits per heavy atom. The van der Waals surface area contributed by atoms with Crippen molar-refractivity contribution in [2.24, 2.45) is 0 Å². The molecule has 0 saturated carbocycles. The van der Waals surface area contributed by atoms with Crippen LogP contribution in [0.4, 0.5) is 51.6 Å². The summed E-state index contributed by atoms with van der Waals surface area (Å²) in [4.78, 5) is 37.8. The number of aryl methyl sites for hydroxylation is 3. The molecule has 15 heteroatoms. The van der Waals surface area contributed by atoms with E-state index in [-0.39, 0.29) is 6.17 Å². The van der Waals surface area contributed by atoms with Crippen molar-refractivity contribution in [2.75, 3.05) is 36.4 Å². The molecule has 3 aliphatic rings. The highest BCUT2D eigenvalue weighted by molar-refractivity contribution is 6.12. The Hall–Kier alpha value is -9.24. The third-order valence-electron chi connectivity index (χ3n) is 15.3. The van der Waals surface area contributed by atoms with Gasteiger partial charge < -0.3 is 42.7 Å². The largest absolute Gasteiger partial charge is 0.435 e. The summed E-state index contributed by atoms with van der Waals surface area (Å²) in [5.74, 6) is 1.73. The zero-order chi connectivity index (χ0) is 61.4. The van der Waals surface area contributed by atoms with Crippen LogP contribution in [0.2, 0.25) is 0 Å². The molecular weight excluding hydrogens is 985 g/mol. The summed E-state index contributed by atoms with van der Waals surface area (Å²) in [5.41, 5.74) is 12.1. The lowest BCUT2D eigenvalue weighted by atomic mass is 10.1. The molecule has 3 aromatic carbocycles. The van der Waals surface area contributed by atoms with Crippen LogP contribution < -0.4 is 29.4 Å². The second-order valence-corrected chi connectivity index (χ2v) is 20.4. The first-order valence-corrected chi connectivity index (χ1v) is 26.3. The van der Waals surface area contributed by atoms with Gasteiger partial charge in [-0.05, 0) is 159 Å². The minimum Gasteiger partial charge on any atom is -0.435 e. The number of fused-ring (bicyclic) bond motifs is 12. The van der Waals surface area contributed by atoms with Crippen LogP contribution in [0.5, 0.6) is 0 Å². The molecule has 3 aliphatic heterocycles. The summed E-state index contributed by atoms with van der Waals surface area (Å²) >= 11 is 0. The van der Waals surface area contributed by atoms with E-state index in [0.717, 1.165) is 94.5 Å². The molecule has 12 aromatic rings. The van der Waals surface area contributed by atoms with Crippen LogP contribution in [-0.4, -0.2) is 67.4 Å². The number of anilines is 9. The number of rotatable bonds is 5. The van der Waals surface area contributed by atoms with Gasteiger partial charge in [0.25, 0.3) is 0 Å². The number of pyridine rings is 6. The zero-order valence-electron chi connectivity index (χ0n) is 53.2. The highest BCUT2D eigenvalue weighted by Gasteiger charge is 2.40. The molecule has 396 valence electrons. The summed E-state index contributed by atoms with van der Waals surface area (Å²) in [6.07, 6.45) is 9.15. The van der Waals surface area contributed by atoms with Gasteiger partial charge in [-0.2, -0.15) is 0 Å². The second kappa shape index (κ2) is 19.0. The van der Waals surface area contributed by atoms with E-state index in [1.54, 1.807) is 42.1 Å². The van der Waals surface area contributed by atoms with Crippen molar-refractivity contribution in [1.29, 1.82) is 0 Å². The standard InChI is InChI=1S/2C22H22N4O.C20H18N4O/c2*1-13(2)25-15(4)26(18-8-6-11-23-21(18)25)19-14(3)9-10-16-17-7-5-12-24-22(17)27-20(16)19;1-12-8-9-14-15-6-4-11-22-20(15)25-18(14)17(12)24-13(2)23(3)19-16(24)7-5-10-21-19/h2*5-13,15H,1-4H3;4-11,13H,1-3H3/i1D3,13D;13D;3D3. The summed E-state index contributed by atoms with van der Waals surface area (Å²) in [5, 5.41) is 5.80. The Morgan fingerprint density at radius 1 is 0.418 bits per heavy atom. The van der Waals surface area contributed by atoms with Gasteiger partial charge in [0.2, 0.25) is 17.1 Å². The van der Waals surface area contributed by atoms with Crippen molar-refractivity contribution in [3.05, 3.63) is 163 Å².